The molecule has 0 aliphatic heterocycles. The van der Waals surface area contributed by atoms with Gasteiger partial charge < -0.3 is 4.74 Å². The quantitative estimate of drug-likeness (QED) is 0.515. The molecule has 0 rings (SSSR count). The Balaban J connectivity index is 0. The highest BCUT2D eigenvalue weighted by Gasteiger charge is 1.84. The first-order valence-electron chi connectivity index (χ1n) is 2.99. The van der Waals surface area contributed by atoms with Crippen LogP contribution in [0.4, 0.5) is 0 Å². The molecule has 5 nitrogen and oxygen atoms in total. The predicted molar refractivity (Wildman–Crippen MR) is 44.9 cm³/mol. The van der Waals surface area contributed by atoms with E-state index in [4.69, 9.17) is 22.3 Å². The SMILES string of the molecule is CC=COC=CC.O=S(=O)(O)O. The second kappa shape index (κ2) is 8.25. The van der Waals surface area contributed by atoms with Crippen LogP contribution in [0.3, 0.4) is 0 Å². The highest BCUT2D eigenvalue weighted by molar-refractivity contribution is 7.79. The molecule has 0 aliphatic rings. The lowest BCUT2D eigenvalue weighted by Crippen LogP contribution is -1.89. The van der Waals surface area contributed by atoms with E-state index >= 15 is 0 Å². The number of hydrogen-bond acceptors (Lipinski definition) is 3. The van der Waals surface area contributed by atoms with Crippen LogP contribution in [0.1, 0.15) is 13.8 Å². The molecule has 12 heavy (non-hydrogen) atoms. The first-order chi connectivity index (χ1) is 5.41. The van der Waals surface area contributed by atoms with Crippen molar-refractivity contribution in [3.05, 3.63) is 24.7 Å². The van der Waals surface area contributed by atoms with Gasteiger partial charge in [-0.2, -0.15) is 8.42 Å². The zero-order valence-electron chi connectivity index (χ0n) is 6.84. The fraction of sp³-hybridized carbons (Fsp3) is 0.333. The molecule has 0 spiro atoms. The lowest BCUT2D eigenvalue weighted by Gasteiger charge is -1.82. The summed E-state index contributed by atoms with van der Waals surface area (Å²) in [5.41, 5.74) is 0. The van der Waals surface area contributed by atoms with Crippen molar-refractivity contribution in [2.45, 2.75) is 13.8 Å². The van der Waals surface area contributed by atoms with Crippen molar-refractivity contribution < 1.29 is 22.3 Å². The Morgan fingerprint density at radius 1 is 1.08 bits per heavy atom. The van der Waals surface area contributed by atoms with E-state index < -0.39 is 10.4 Å². The Bertz CT molecular complexity index is 208. The molecule has 0 aliphatic carbocycles. The van der Waals surface area contributed by atoms with Gasteiger partial charge in [0.05, 0.1) is 12.5 Å². The Labute approximate surface area is 71.9 Å². The third-order valence-corrected chi connectivity index (χ3v) is 0.429. The average Bonchev–Trinajstić information content (AvgIpc) is 1.85. The minimum Gasteiger partial charge on any atom is -0.473 e. The molecule has 6 heteroatoms. The molecular weight excluding hydrogens is 184 g/mol. The van der Waals surface area contributed by atoms with E-state index in [0.29, 0.717) is 0 Å². The summed E-state index contributed by atoms with van der Waals surface area (Å²) in [7, 11) is -4.67. The van der Waals surface area contributed by atoms with Crippen molar-refractivity contribution in [3.63, 3.8) is 0 Å². The number of allylic oxidation sites excluding steroid dienone is 2. The highest BCUT2D eigenvalue weighted by atomic mass is 32.3. The van der Waals surface area contributed by atoms with Gasteiger partial charge in [0.25, 0.3) is 0 Å². The Kier molecular flexibility index (Phi) is 9.43. The first kappa shape index (κ1) is 13.7. The monoisotopic (exact) mass is 196 g/mol. The van der Waals surface area contributed by atoms with Crippen LogP contribution in [-0.2, 0) is 15.1 Å². The molecular formula is C6H12O5S. The molecule has 0 amide bonds. The van der Waals surface area contributed by atoms with E-state index in [0.717, 1.165) is 0 Å². The van der Waals surface area contributed by atoms with E-state index in [2.05, 4.69) is 0 Å². The highest BCUT2D eigenvalue weighted by Crippen LogP contribution is 1.76. The van der Waals surface area contributed by atoms with Gasteiger partial charge in [-0.15, -0.1) is 0 Å². The molecule has 0 aromatic carbocycles. The molecule has 0 unspecified atom stereocenters. The van der Waals surface area contributed by atoms with Crippen molar-refractivity contribution in [1.82, 2.24) is 0 Å². The van der Waals surface area contributed by atoms with E-state index in [1.807, 2.05) is 26.0 Å². The molecule has 0 heterocycles. The van der Waals surface area contributed by atoms with Gasteiger partial charge in [0, 0.05) is 0 Å². The lowest BCUT2D eigenvalue weighted by atomic mass is 10.7. The van der Waals surface area contributed by atoms with Crippen LogP contribution < -0.4 is 0 Å². The second-order valence-electron chi connectivity index (χ2n) is 1.52. The molecule has 0 bridgehead atoms. The Hall–Kier alpha value is -0.850. The first-order valence-corrected chi connectivity index (χ1v) is 4.39. The van der Waals surface area contributed by atoms with Crippen molar-refractivity contribution >= 4 is 10.4 Å². The van der Waals surface area contributed by atoms with E-state index in [-0.39, 0.29) is 0 Å². The van der Waals surface area contributed by atoms with Gasteiger partial charge in [0.1, 0.15) is 0 Å². The molecule has 0 saturated carbocycles. The van der Waals surface area contributed by atoms with Crippen LogP contribution in [0.25, 0.3) is 0 Å². The number of hydrogen-bond donors (Lipinski definition) is 2. The van der Waals surface area contributed by atoms with Crippen LogP contribution in [0.15, 0.2) is 24.7 Å². The lowest BCUT2D eigenvalue weighted by molar-refractivity contribution is 0.381. The molecule has 0 atom stereocenters. The van der Waals surface area contributed by atoms with Crippen molar-refractivity contribution in [2.24, 2.45) is 0 Å². The minimum atomic E-state index is -4.67. The van der Waals surface area contributed by atoms with Gasteiger partial charge in [-0.1, -0.05) is 12.2 Å². The summed E-state index contributed by atoms with van der Waals surface area (Å²) in [5, 5.41) is 0. The van der Waals surface area contributed by atoms with Gasteiger partial charge in [-0.25, -0.2) is 0 Å². The van der Waals surface area contributed by atoms with Gasteiger partial charge >= 0.3 is 10.4 Å². The normalized spacial score (nSPS) is 11.3. The molecule has 0 saturated heterocycles. The fourth-order valence-corrected chi connectivity index (χ4v) is 0.202. The molecule has 0 aromatic rings. The van der Waals surface area contributed by atoms with Crippen LogP contribution in [-0.4, -0.2) is 17.5 Å². The Morgan fingerprint density at radius 3 is 1.50 bits per heavy atom. The zero-order chi connectivity index (χ0) is 10.0. The summed E-state index contributed by atoms with van der Waals surface area (Å²) < 4.78 is 36.4. The predicted octanol–water partition coefficient (Wildman–Crippen LogP) is 1.42. The number of rotatable bonds is 2. The fourth-order valence-electron chi connectivity index (χ4n) is 0.202. The van der Waals surface area contributed by atoms with Crippen molar-refractivity contribution in [2.75, 3.05) is 0 Å². The zero-order valence-corrected chi connectivity index (χ0v) is 7.65. The van der Waals surface area contributed by atoms with E-state index in [1.165, 1.54) is 0 Å². The number of ether oxygens (including phenoxy) is 1. The van der Waals surface area contributed by atoms with E-state index in [1.54, 1.807) is 12.5 Å². The maximum absolute atomic E-state index is 8.74. The summed E-state index contributed by atoms with van der Waals surface area (Å²) >= 11 is 0. The smallest absolute Gasteiger partial charge is 0.394 e. The summed E-state index contributed by atoms with van der Waals surface area (Å²) in [5.74, 6) is 0. The molecule has 2 N–H and O–H groups in total. The van der Waals surface area contributed by atoms with Gasteiger partial charge in [0.2, 0.25) is 0 Å². The second-order valence-corrected chi connectivity index (χ2v) is 2.42. The Morgan fingerprint density at radius 2 is 1.33 bits per heavy atom. The summed E-state index contributed by atoms with van der Waals surface area (Å²) in [4.78, 5) is 0. The topological polar surface area (TPSA) is 83.8 Å². The molecule has 0 radical (unpaired) electrons. The third kappa shape index (κ3) is 61.3. The third-order valence-electron chi connectivity index (χ3n) is 0.429. The van der Waals surface area contributed by atoms with E-state index in [9.17, 15) is 0 Å². The largest absolute Gasteiger partial charge is 0.473 e. The maximum Gasteiger partial charge on any atom is 0.394 e. The minimum absolute atomic E-state index is 1.62. The van der Waals surface area contributed by atoms with Gasteiger partial charge in [-0.3, -0.25) is 9.11 Å². The van der Waals surface area contributed by atoms with Gasteiger partial charge in [-0.05, 0) is 13.8 Å². The molecule has 72 valence electrons. The molecule has 0 fully saturated rings. The van der Waals surface area contributed by atoms with Crippen molar-refractivity contribution in [3.8, 4) is 0 Å². The standard InChI is InChI=1S/C6H10O.H2O4S/c1-3-5-7-6-4-2;1-5(2,3)4/h3-6H,1-2H3;(H2,1,2,3,4). The maximum atomic E-state index is 8.74. The molecule has 0 aromatic heterocycles. The summed E-state index contributed by atoms with van der Waals surface area (Å²) in [6, 6.07) is 0. The summed E-state index contributed by atoms with van der Waals surface area (Å²) in [6.45, 7) is 3.81. The summed E-state index contributed by atoms with van der Waals surface area (Å²) in [6.07, 6.45) is 6.92. The van der Waals surface area contributed by atoms with Crippen LogP contribution in [0, 0.1) is 0 Å². The van der Waals surface area contributed by atoms with Gasteiger partial charge in [0.15, 0.2) is 0 Å². The van der Waals surface area contributed by atoms with Crippen LogP contribution >= 0.6 is 0 Å². The van der Waals surface area contributed by atoms with Crippen LogP contribution in [0.5, 0.6) is 0 Å². The van der Waals surface area contributed by atoms with Crippen LogP contribution in [0.2, 0.25) is 0 Å². The van der Waals surface area contributed by atoms with Crippen molar-refractivity contribution in [1.29, 1.82) is 0 Å². The average molecular weight is 196 g/mol.